The first-order valence-electron chi connectivity index (χ1n) is 12.8. The number of nitrogens with one attached hydrogen (secondary N) is 1. The van der Waals surface area contributed by atoms with E-state index >= 15 is 0 Å². The number of anilines is 1. The van der Waals surface area contributed by atoms with E-state index in [1.54, 1.807) is 18.3 Å². The van der Waals surface area contributed by atoms with Gasteiger partial charge in [0.2, 0.25) is 0 Å². The van der Waals surface area contributed by atoms with Crippen molar-refractivity contribution >= 4 is 17.6 Å². The molecule has 3 nitrogen and oxygen atoms in total. The number of hydrogen-bond donors (Lipinski definition) is 1. The van der Waals surface area contributed by atoms with Crippen LogP contribution in [0.1, 0.15) is 46.2 Å². The Kier molecular flexibility index (Phi) is 6.32. The molecular weight excluding hydrogens is 459 g/mol. The number of hydrogen-bond acceptors (Lipinski definition) is 3. The molecule has 37 heavy (non-hydrogen) atoms. The van der Waals surface area contributed by atoms with E-state index in [4.69, 9.17) is 9.73 Å². The van der Waals surface area contributed by atoms with Crippen LogP contribution in [-0.4, -0.2) is 6.21 Å². The average Bonchev–Trinajstić information content (AvgIpc) is 3.43. The largest absolute Gasteiger partial charge is 0.488 e. The minimum atomic E-state index is -0.264. The van der Waals surface area contributed by atoms with Gasteiger partial charge in [-0.3, -0.25) is 4.99 Å². The van der Waals surface area contributed by atoms with Gasteiger partial charge in [0.05, 0.1) is 11.7 Å². The summed E-state index contributed by atoms with van der Waals surface area (Å²) in [6, 6.07) is 29.8. The molecular formula is C33H29FN2O. The van der Waals surface area contributed by atoms with Crippen LogP contribution >= 0.6 is 0 Å². The van der Waals surface area contributed by atoms with Gasteiger partial charge in [-0.2, -0.15) is 0 Å². The number of allylic oxidation sites excluding steroid dienone is 2. The molecule has 2 aliphatic rings. The number of fused-ring (bicyclic) bond motifs is 3. The third kappa shape index (κ3) is 4.79. The molecule has 184 valence electrons. The Hall–Kier alpha value is -4.18. The van der Waals surface area contributed by atoms with Crippen LogP contribution in [0.15, 0.2) is 108 Å². The van der Waals surface area contributed by atoms with Crippen molar-refractivity contribution < 1.29 is 9.13 Å². The van der Waals surface area contributed by atoms with Crippen molar-refractivity contribution in [1.29, 1.82) is 0 Å². The van der Waals surface area contributed by atoms with E-state index in [0.29, 0.717) is 23.1 Å². The lowest BCUT2D eigenvalue weighted by Gasteiger charge is -2.37. The number of ether oxygens (including phenoxy) is 1. The monoisotopic (exact) mass is 488 g/mol. The van der Waals surface area contributed by atoms with Crippen LogP contribution < -0.4 is 10.1 Å². The van der Waals surface area contributed by atoms with Gasteiger partial charge in [-0.05, 0) is 66.8 Å². The topological polar surface area (TPSA) is 33.6 Å². The van der Waals surface area contributed by atoms with Gasteiger partial charge in [0.25, 0.3) is 0 Å². The molecule has 0 saturated heterocycles. The van der Waals surface area contributed by atoms with Gasteiger partial charge in [-0.1, -0.05) is 72.3 Å². The predicted molar refractivity (Wildman–Crippen MR) is 148 cm³/mol. The van der Waals surface area contributed by atoms with Crippen LogP contribution in [-0.2, 0) is 6.61 Å². The second kappa shape index (κ2) is 10.1. The number of benzene rings is 4. The molecule has 0 bridgehead atoms. The van der Waals surface area contributed by atoms with Crippen LogP contribution in [0, 0.1) is 18.7 Å². The molecule has 0 fully saturated rings. The van der Waals surface area contributed by atoms with E-state index in [1.165, 1.54) is 28.4 Å². The highest BCUT2D eigenvalue weighted by atomic mass is 19.1. The number of para-hydroxylation sites is 1. The zero-order chi connectivity index (χ0) is 25.2. The predicted octanol–water partition coefficient (Wildman–Crippen LogP) is 8.29. The van der Waals surface area contributed by atoms with Crippen LogP contribution in [0.25, 0.3) is 0 Å². The van der Waals surface area contributed by atoms with E-state index < -0.39 is 0 Å². The fourth-order valence-electron chi connectivity index (χ4n) is 5.45. The first kappa shape index (κ1) is 23.2. The minimum absolute atomic E-state index is 0.167. The molecule has 0 amide bonds. The third-order valence-corrected chi connectivity index (χ3v) is 7.38. The Bertz CT molecular complexity index is 1470. The fraction of sp³-hybridized carbons (Fsp3) is 0.182. The molecule has 4 heteroatoms. The molecule has 1 aliphatic carbocycles. The summed E-state index contributed by atoms with van der Waals surface area (Å²) in [6.07, 6.45) is 7.59. The number of rotatable bonds is 6. The Morgan fingerprint density at radius 1 is 0.973 bits per heavy atom. The quantitative estimate of drug-likeness (QED) is 0.219. The molecule has 0 aromatic heterocycles. The first-order chi connectivity index (χ1) is 18.2. The van der Waals surface area contributed by atoms with E-state index in [1.807, 2.05) is 30.3 Å². The van der Waals surface area contributed by atoms with Crippen LogP contribution in [0.3, 0.4) is 0 Å². The maximum Gasteiger partial charge on any atom is 0.129 e. The van der Waals surface area contributed by atoms with Crippen molar-refractivity contribution in [3.05, 3.63) is 137 Å². The SMILES string of the molecule is Cc1ccc2c(c1)[C@@H]1C=CC[C@@H]1[C@@H](c1ccc(N=Cc3ccccc3OCc3ccccc3F)cc1)N2. The van der Waals surface area contributed by atoms with Gasteiger partial charge >= 0.3 is 0 Å². The lowest BCUT2D eigenvalue weighted by molar-refractivity contribution is 0.299. The Balaban J connectivity index is 1.18. The van der Waals surface area contributed by atoms with Crippen molar-refractivity contribution in [3.63, 3.8) is 0 Å². The van der Waals surface area contributed by atoms with Crippen LogP contribution in [0.5, 0.6) is 5.75 Å². The summed E-state index contributed by atoms with van der Waals surface area (Å²) < 4.78 is 19.9. The molecule has 3 atom stereocenters. The minimum Gasteiger partial charge on any atom is -0.488 e. The Morgan fingerprint density at radius 3 is 2.65 bits per heavy atom. The van der Waals surface area contributed by atoms with Crippen LogP contribution in [0.2, 0.25) is 0 Å². The van der Waals surface area contributed by atoms with Crippen molar-refractivity contribution in [1.82, 2.24) is 0 Å². The van der Waals surface area contributed by atoms with E-state index in [-0.39, 0.29) is 18.5 Å². The molecule has 0 saturated carbocycles. The maximum atomic E-state index is 14.0. The average molecular weight is 489 g/mol. The van der Waals surface area contributed by atoms with E-state index in [9.17, 15) is 4.39 Å². The number of nitrogens with zero attached hydrogens (tertiary/aromatic N) is 1. The fourth-order valence-corrected chi connectivity index (χ4v) is 5.45. The molecule has 4 aromatic rings. The summed E-state index contributed by atoms with van der Waals surface area (Å²) >= 11 is 0. The second-order valence-corrected chi connectivity index (χ2v) is 9.83. The molecule has 0 radical (unpaired) electrons. The summed E-state index contributed by atoms with van der Waals surface area (Å²) in [7, 11) is 0. The van der Waals surface area contributed by atoms with Gasteiger partial charge in [0, 0.05) is 28.9 Å². The highest BCUT2D eigenvalue weighted by molar-refractivity contribution is 5.85. The highest BCUT2D eigenvalue weighted by Crippen LogP contribution is 2.50. The first-order valence-corrected chi connectivity index (χ1v) is 12.8. The van der Waals surface area contributed by atoms with Crippen LogP contribution in [0.4, 0.5) is 15.8 Å². The standard InChI is InChI=1S/C33H29FN2O/c1-22-13-18-31-29(19-22)27-9-6-10-28(27)33(36-31)23-14-16-26(17-15-23)35-20-24-7-3-5-12-32(24)37-21-25-8-2-4-11-30(25)34/h2-9,11-20,27-28,33,36H,10,21H2,1H3/t27-,28+,33-/m1/s1. The maximum absolute atomic E-state index is 14.0. The van der Waals surface area contributed by atoms with Crippen molar-refractivity contribution in [2.24, 2.45) is 10.9 Å². The normalized spacial score (nSPS) is 19.9. The zero-order valence-corrected chi connectivity index (χ0v) is 20.8. The number of aliphatic imine (C=N–C) groups is 1. The highest BCUT2D eigenvalue weighted by Gasteiger charge is 2.37. The van der Waals surface area contributed by atoms with Crippen molar-refractivity contribution in [2.45, 2.75) is 31.9 Å². The van der Waals surface area contributed by atoms with Crippen molar-refractivity contribution in [3.8, 4) is 5.75 Å². The summed E-state index contributed by atoms with van der Waals surface area (Å²) in [5.41, 5.74) is 7.48. The van der Waals surface area contributed by atoms with Gasteiger partial charge < -0.3 is 10.1 Å². The summed E-state index contributed by atoms with van der Waals surface area (Å²) in [6.45, 7) is 2.33. The molecule has 1 N–H and O–H groups in total. The summed E-state index contributed by atoms with van der Waals surface area (Å²) in [5, 5.41) is 3.81. The number of aryl methyl sites for hydroxylation is 1. The summed E-state index contributed by atoms with van der Waals surface area (Å²) in [4.78, 5) is 4.70. The molecule has 6 rings (SSSR count). The van der Waals surface area contributed by atoms with Gasteiger partial charge in [0.1, 0.15) is 18.2 Å². The lowest BCUT2D eigenvalue weighted by atomic mass is 9.76. The second-order valence-electron chi connectivity index (χ2n) is 9.83. The van der Waals surface area contributed by atoms with E-state index in [2.05, 4.69) is 66.9 Å². The lowest BCUT2D eigenvalue weighted by Crippen LogP contribution is -2.29. The van der Waals surface area contributed by atoms with Gasteiger partial charge in [-0.25, -0.2) is 4.39 Å². The Morgan fingerprint density at radius 2 is 1.78 bits per heavy atom. The Labute approximate surface area is 217 Å². The molecule has 0 spiro atoms. The third-order valence-electron chi connectivity index (χ3n) is 7.38. The van der Waals surface area contributed by atoms with Gasteiger partial charge in [0.15, 0.2) is 0 Å². The molecule has 4 aromatic carbocycles. The molecule has 1 aliphatic heterocycles. The molecule has 0 unspecified atom stereocenters. The van der Waals surface area contributed by atoms with Crippen molar-refractivity contribution in [2.75, 3.05) is 5.32 Å². The smallest absolute Gasteiger partial charge is 0.129 e. The molecule has 1 heterocycles. The summed E-state index contributed by atoms with van der Waals surface area (Å²) in [5.74, 6) is 1.38. The number of halogens is 1. The van der Waals surface area contributed by atoms with Gasteiger partial charge in [-0.15, -0.1) is 0 Å². The zero-order valence-electron chi connectivity index (χ0n) is 20.8. The van der Waals surface area contributed by atoms with E-state index in [0.717, 1.165) is 17.7 Å².